The van der Waals surface area contributed by atoms with Crippen LogP contribution in [-0.4, -0.2) is 50.9 Å². The minimum absolute atomic E-state index is 0.372. The van der Waals surface area contributed by atoms with Crippen LogP contribution < -0.4 is 15.4 Å². The first-order chi connectivity index (χ1) is 9.40. The van der Waals surface area contributed by atoms with Crippen molar-refractivity contribution in [3.63, 3.8) is 0 Å². The van der Waals surface area contributed by atoms with Crippen LogP contribution in [-0.2, 0) is 0 Å². The van der Waals surface area contributed by atoms with Crippen LogP contribution in [0.2, 0.25) is 0 Å². The Morgan fingerprint density at radius 2 is 1.85 bits per heavy atom. The average molecular weight is 289 g/mol. The summed E-state index contributed by atoms with van der Waals surface area (Å²) in [6.45, 7) is 0.940. The van der Waals surface area contributed by atoms with Gasteiger partial charge in [0.05, 0.1) is 25.0 Å². The van der Waals surface area contributed by atoms with E-state index in [0.717, 1.165) is 5.69 Å². The van der Waals surface area contributed by atoms with Gasteiger partial charge in [0.25, 0.3) is 0 Å². The quantitative estimate of drug-likeness (QED) is 0.864. The minimum Gasteiger partial charge on any atom is -0.492 e. The molecule has 7 heteroatoms. The molecular weight excluding hydrogens is 271 g/mol. The van der Waals surface area contributed by atoms with E-state index in [2.05, 4.69) is 0 Å². The number of hydrogen-bond donors (Lipinski definition) is 1. The molecule has 1 aromatic rings. The summed E-state index contributed by atoms with van der Waals surface area (Å²) in [7, 11) is 1.54. The van der Waals surface area contributed by atoms with Gasteiger partial charge in [0.2, 0.25) is 0 Å². The van der Waals surface area contributed by atoms with Crippen LogP contribution in [0.1, 0.15) is 0 Å². The molecule has 0 aromatic heterocycles. The number of anilines is 2. The second kappa shape index (κ2) is 5.78. The molecule has 1 fully saturated rings. The van der Waals surface area contributed by atoms with Crippen molar-refractivity contribution >= 4 is 11.4 Å². The number of halogens is 3. The molecule has 4 nitrogen and oxygen atoms in total. The summed E-state index contributed by atoms with van der Waals surface area (Å²) in [6, 6.07) is 5.42. The fraction of sp³-hybridized carbons (Fsp3) is 0.538. The summed E-state index contributed by atoms with van der Waals surface area (Å²) in [6.07, 6.45) is -4.14. The molecule has 0 saturated carbocycles. The zero-order valence-electron chi connectivity index (χ0n) is 11.3. The summed E-state index contributed by atoms with van der Waals surface area (Å²) < 4.78 is 42.3. The normalized spacial score (nSPS) is 17.3. The molecule has 20 heavy (non-hydrogen) atoms. The summed E-state index contributed by atoms with van der Waals surface area (Å²) >= 11 is 0. The Balaban J connectivity index is 2.02. The second-order valence-electron chi connectivity index (χ2n) is 4.78. The molecule has 0 spiro atoms. The molecule has 1 aliphatic rings. The molecule has 1 saturated heterocycles. The van der Waals surface area contributed by atoms with Crippen LogP contribution in [0, 0.1) is 0 Å². The first-order valence-electron chi connectivity index (χ1n) is 6.37. The van der Waals surface area contributed by atoms with Crippen molar-refractivity contribution in [1.82, 2.24) is 4.90 Å². The van der Waals surface area contributed by atoms with Crippen LogP contribution in [0.15, 0.2) is 18.2 Å². The van der Waals surface area contributed by atoms with E-state index in [4.69, 9.17) is 10.5 Å². The monoisotopic (exact) mass is 289 g/mol. The van der Waals surface area contributed by atoms with E-state index in [1.54, 1.807) is 6.07 Å². The highest BCUT2D eigenvalue weighted by Crippen LogP contribution is 2.34. The van der Waals surface area contributed by atoms with Crippen LogP contribution in [0.5, 0.6) is 5.75 Å². The number of nitrogens with zero attached hydrogens (tertiary/aromatic N) is 2. The van der Waals surface area contributed by atoms with Gasteiger partial charge in [0, 0.05) is 26.2 Å². The number of nitrogen functional groups attached to an aromatic ring is 1. The smallest absolute Gasteiger partial charge is 0.401 e. The second-order valence-corrected chi connectivity index (χ2v) is 4.78. The number of benzene rings is 1. The molecule has 0 unspecified atom stereocenters. The molecule has 1 aliphatic heterocycles. The molecule has 1 aromatic carbocycles. The molecule has 0 bridgehead atoms. The lowest BCUT2D eigenvalue weighted by Gasteiger charge is -2.36. The summed E-state index contributed by atoms with van der Waals surface area (Å²) in [5.74, 6) is 0.580. The third-order valence-corrected chi connectivity index (χ3v) is 3.34. The number of alkyl halides is 3. The third kappa shape index (κ3) is 3.47. The molecular formula is C13H18F3N3O. The third-order valence-electron chi connectivity index (χ3n) is 3.34. The summed E-state index contributed by atoms with van der Waals surface area (Å²) in [4.78, 5) is 3.41. The topological polar surface area (TPSA) is 41.7 Å². The molecule has 2 rings (SSSR count). The highest BCUT2D eigenvalue weighted by atomic mass is 19.4. The predicted octanol–water partition coefficient (Wildman–Crippen LogP) is 1.96. The van der Waals surface area contributed by atoms with Gasteiger partial charge >= 0.3 is 6.18 Å². The summed E-state index contributed by atoms with van der Waals surface area (Å²) in [5, 5.41) is 0. The Bertz CT molecular complexity index is 457. The highest BCUT2D eigenvalue weighted by Gasteiger charge is 2.32. The molecule has 0 radical (unpaired) electrons. The zero-order chi connectivity index (χ0) is 14.8. The van der Waals surface area contributed by atoms with Gasteiger partial charge in [0.1, 0.15) is 0 Å². The maximum atomic E-state index is 12.3. The average Bonchev–Trinajstić information content (AvgIpc) is 2.37. The Kier molecular flexibility index (Phi) is 4.27. The Hall–Kier alpha value is -1.63. The van der Waals surface area contributed by atoms with Gasteiger partial charge in [0.15, 0.2) is 5.75 Å². The van der Waals surface area contributed by atoms with E-state index in [9.17, 15) is 13.2 Å². The number of methoxy groups -OCH3 is 1. The zero-order valence-corrected chi connectivity index (χ0v) is 11.3. The fourth-order valence-electron chi connectivity index (χ4n) is 2.41. The number of rotatable bonds is 3. The van der Waals surface area contributed by atoms with E-state index in [1.165, 1.54) is 12.0 Å². The van der Waals surface area contributed by atoms with E-state index in [1.807, 2.05) is 17.0 Å². The highest BCUT2D eigenvalue weighted by molar-refractivity contribution is 5.70. The van der Waals surface area contributed by atoms with Crippen LogP contribution >= 0.6 is 0 Å². The molecule has 1 heterocycles. The molecule has 2 N–H and O–H groups in total. The van der Waals surface area contributed by atoms with Gasteiger partial charge in [-0.05, 0) is 12.1 Å². The van der Waals surface area contributed by atoms with Gasteiger partial charge < -0.3 is 15.4 Å². The van der Waals surface area contributed by atoms with Gasteiger partial charge in [-0.2, -0.15) is 13.2 Å². The lowest BCUT2D eigenvalue weighted by molar-refractivity contribution is -0.146. The van der Waals surface area contributed by atoms with Crippen LogP contribution in [0.3, 0.4) is 0 Å². The lowest BCUT2D eigenvalue weighted by atomic mass is 10.2. The number of nitrogens with two attached hydrogens (primary N) is 1. The van der Waals surface area contributed by atoms with Crippen molar-refractivity contribution in [2.45, 2.75) is 6.18 Å². The van der Waals surface area contributed by atoms with Crippen LogP contribution in [0.25, 0.3) is 0 Å². The van der Waals surface area contributed by atoms with Gasteiger partial charge in [-0.3, -0.25) is 4.90 Å². The van der Waals surface area contributed by atoms with Crippen molar-refractivity contribution in [1.29, 1.82) is 0 Å². The standard InChI is InChI=1S/C13H18F3N3O/c1-20-12-10(17)3-2-4-11(12)19-7-5-18(6-8-19)9-13(14,15)16/h2-4H,5-9,17H2,1H3. The van der Waals surface area contributed by atoms with Crippen molar-refractivity contribution < 1.29 is 17.9 Å². The van der Waals surface area contributed by atoms with Crippen LogP contribution in [0.4, 0.5) is 24.5 Å². The fourth-order valence-corrected chi connectivity index (χ4v) is 2.41. The molecule has 0 aliphatic carbocycles. The van der Waals surface area contributed by atoms with E-state index in [0.29, 0.717) is 37.6 Å². The van der Waals surface area contributed by atoms with E-state index in [-0.39, 0.29) is 0 Å². The number of ether oxygens (including phenoxy) is 1. The first kappa shape index (κ1) is 14.8. The largest absolute Gasteiger partial charge is 0.492 e. The number of hydrogen-bond acceptors (Lipinski definition) is 4. The SMILES string of the molecule is COc1c(N)cccc1N1CCN(CC(F)(F)F)CC1. The predicted molar refractivity (Wildman–Crippen MR) is 72.1 cm³/mol. The molecule has 112 valence electrons. The van der Waals surface area contributed by atoms with Crippen molar-refractivity contribution in [2.75, 3.05) is 50.5 Å². The minimum atomic E-state index is -4.14. The molecule has 0 amide bonds. The van der Waals surface area contributed by atoms with Crippen molar-refractivity contribution in [3.05, 3.63) is 18.2 Å². The molecule has 0 atom stereocenters. The lowest BCUT2D eigenvalue weighted by Crippen LogP contribution is -2.49. The summed E-state index contributed by atoms with van der Waals surface area (Å²) in [5.41, 5.74) is 7.20. The first-order valence-corrected chi connectivity index (χ1v) is 6.37. The van der Waals surface area contributed by atoms with Gasteiger partial charge in [-0.15, -0.1) is 0 Å². The maximum absolute atomic E-state index is 12.3. The van der Waals surface area contributed by atoms with Gasteiger partial charge in [-0.25, -0.2) is 0 Å². The number of piperazine rings is 1. The Morgan fingerprint density at radius 1 is 1.20 bits per heavy atom. The van der Waals surface area contributed by atoms with Gasteiger partial charge in [-0.1, -0.05) is 6.07 Å². The van der Waals surface area contributed by atoms with Crippen molar-refractivity contribution in [3.8, 4) is 5.75 Å². The Morgan fingerprint density at radius 3 is 2.40 bits per heavy atom. The Labute approximate surface area is 115 Å². The van der Waals surface area contributed by atoms with E-state index >= 15 is 0 Å². The number of para-hydroxylation sites is 1. The van der Waals surface area contributed by atoms with Crippen molar-refractivity contribution in [2.24, 2.45) is 0 Å². The maximum Gasteiger partial charge on any atom is 0.401 e. The van der Waals surface area contributed by atoms with E-state index < -0.39 is 12.7 Å².